The number of benzene rings is 2. The highest BCUT2D eigenvalue weighted by Crippen LogP contribution is 2.18. The maximum absolute atomic E-state index is 13.4. The Labute approximate surface area is 174 Å². The zero-order valence-corrected chi connectivity index (χ0v) is 16.0. The summed E-state index contributed by atoms with van der Waals surface area (Å²) >= 11 is 0. The summed E-state index contributed by atoms with van der Waals surface area (Å²) in [6.45, 7) is 0.0766. The Morgan fingerprint density at radius 1 is 1.03 bits per heavy atom. The Kier molecular flexibility index (Phi) is 5.40. The average Bonchev–Trinajstić information content (AvgIpc) is 2.75. The molecule has 0 radical (unpaired) electrons. The summed E-state index contributed by atoms with van der Waals surface area (Å²) in [5.41, 5.74) is 1.02. The molecule has 0 saturated heterocycles. The van der Waals surface area contributed by atoms with Gasteiger partial charge in [-0.1, -0.05) is 12.1 Å². The number of aromatic nitrogens is 3. The molecule has 2 heterocycles. The van der Waals surface area contributed by atoms with Gasteiger partial charge in [0.15, 0.2) is 11.6 Å². The molecule has 0 aliphatic heterocycles. The number of amides is 1. The van der Waals surface area contributed by atoms with Gasteiger partial charge in [0.1, 0.15) is 11.3 Å². The molecular weight excluding hydrogens is 406 g/mol. The van der Waals surface area contributed by atoms with Crippen LogP contribution in [-0.2, 0) is 13.1 Å². The Hall–Kier alpha value is -4.14. The molecule has 0 saturated carbocycles. The second-order valence-corrected chi connectivity index (χ2v) is 6.89. The van der Waals surface area contributed by atoms with E-state index in [9.17, 15) is 23.5 Å². The van der Waals surface area contributed by atoms with E-state index in [2.05, 4.69) is 15.3 Å². The van der Waals surface area contributed by atoms with Crippen molar-refractivity contribution < 1.29 is 18.7 Å². The van der Waals surface area contributed by atoms with Crippen LogP contribution in [0.1, 0.15) is 21.5 Å². The first-order chi connectivity index (χ1) is 14.9. The Morgan fingerprint density at radius 3 is 2.65 bits per heavy atom. The second kappa shape index (κ2) is 8.31. The van der Waals surface area contributed by atoms with Gasteiger partial charge in [0.2, 0.25) is 0 Å². The van der Waals surface area contributed by atoms with E-state index in [1.54, 1.807) is 24.3 Å². The van der Waals surface area contributed by atoms with Gasteiger partial charge < -0.3 is 10.4 Å². The number of nitrogens with zero attached hydrogens (tertiary/aromatic N) is 3. The average molecular weight is 422 g/mol. The summed E-state index contributed by atoms with van der Waals surface area (Å²) < 4.78 is 27.6. The summed E-state index contributed by atoms with van der Waals surface area (Å²) in [7, 11) is 0. The summed E-state index contributed by atoms with van der Waals surface area (Å²) in [4.78, 5) is 33.2. The molecular formula is C22H16F2N4O3. The van der Waals surface area contributed by atoms with E-state index in [0.717, 1.165) is 28.5 Å². The van der Waals surface area contributed by atoms with Crippen LogP contribution in [0.3, 0.4) is 0 Å². The van der Waals surface area contributed by atoms with Gasteiger partial charge >= 0.3 is 0 Å². The summed E-state index contributed by atoms with van der Waals surface area (Å²) in [5.74, 6) is -2.59. The Bertz CT molecular complexity index is 1350. The van der Waals surface area contributed by atoms with Crippen molar-refractivity contribution in [1.29, 1.82) is 0 Å². The molecule has 1 amide bonds. The largest absolute Gasteiger partial charge is 0.506 e. The predicted molar refractivity (Wildman–Crippen MR) is 109 cm³/mol. The Morgan fingerprint density at radius 2 is 1.84 bits per heavy atom. The van der Waals surface area contributed by atoms with Crippen LogP contribution < -0.4 is 10.9 Å². The maximum atomic E-state index is 13.4. The smallest absolute Gasteiger partial charge is 0.266 e. The Balaban J connectivity index is 1.50. The van der Waals surface area contributed by atoms with Crippen molar-refractivity contribution in [3.63, 3.8) is 0 Å². The highest BCUT2D eigenvalue weighted by molar-refractivity contribution is 5.93. The molecule has 0 unspecified atom stereocenters. The fraction of sp³-hybridized carbons (Fsp3) is 0.0909. The zero-order chi connectivity index (χ0) is 22.0. The molecule has 2 aromatic heterocycles. The van der Waals surface area contributed by atoms with Crippen LogP contribution in [0.5, 0.6) is 5.75 Å². The first kappa shape index (κ1) is 20.1. The van der Waals surface area contributed by atoms with Crippen molar-refractivity contribution in [2.75, 3.05) is 0 Å². The molecule has 4 aromatic rings. The third kappa shape index (κ3) is 4.40. The topological polar surface area (TPSA) is 97.1 Å². The normalized spacial score (nSPS) is 10.9. The van der Waals surface area contributed by atoms with Gasteiger partial charge in [-0.05, 0) is 41.5 Å². The van der Waals surface area contributed by atoms with Crippen molar-refractivity contribution in [2.45, 2.75) is 13.1 Å². The van der Waals surface area contributed by atoms with E-state index in [0.29, 0.717) is 16.5 Å². The summed E-state index contributed by atoms with van der Waals surface area (Å²) in [6.07, 6.45) is 3.72. The molecule has 0 aliphatic rings. The molecule has 0 fully saturated rings. The van der Waals surface area contributed by atoms with Crippen molar-refractivity contribution in [2.24, 2.45) is 0 Å². The number of pyridine rings is 1. The lowest BCUT2D eigenvalue weighted by molar-refractivity contribution is 0.0948. The molecule has 2 N–H and O–H groups in total. The highest BCUT2D eigenvalue weighted by atomic mass is 19.2. The van der Waals surface area contributed by atoms with E-state index in [1.807, 2.05) is 0 Å². The molecule has 0 spiro atoms. The van der Waals surface area contributed by atoms with Crippen LogP contribution in [0.15, 0.2) is 66.0 Å². The highest BCUT2D eigenvalue weighted by Gasteiger charge is 2.14. The summed E-state index contributed by atoms with van der Waals surface area (Å²) in [5, 5.41) is 12.9. The van der Waals surface area contributed by atoms with Crippen molar-refractivity contribution in [1.82, 2.24) is 19.9 Å². The van der Waals surface area contributed by atoms with Gasteiger partial charge in [-0.3, -0.25) is 19.1 Å². The number of aromatic hydroxyl groups is 1. The number of nitrogens with one attached hydrogen (secondary N) is 1. The van der Waals surface area contributed by atoms with Crippen LogP contribution in [-0.4, -0.2) is 25.5 Å². The van der Waals surface area contributed by atoms with Crippen molar-refractivity contribution >= 4 is 16.8 Å². The lowest BCUT2D eigenvalue weighted by Crippen LogP contribution is -2.33. The molecule has 7 nitrogen and oxygen atoms in total. The zero-order valence-electron chi connectivity index (χ0n) is 16.0. The maximum Gasteiger partial charge on any atom is 0.266 e. The van der Waals surface area contributed by atoms with Gasteiger partial charge in [-0.15, -0.1) is 0 Å². The van der Waals surface area contributed by atoms with Gasteiger partial charge in [-0.2, -0.15) is 0 Å². The number of halogens is 2. The van der Waals surface area contributed by atoms with E-state index in [4.69, 9.17) is 0 Å². The minimum absolute atomic E-state index is 0.0330. The molecule has 4 rings (SSSR count). The van der Waals surface area contributed by atoms with Gasteiger partial charge in [0.05, 0.1) is 24.6 Å². The van der Waals surface area contributed by atoms with E-state index in [-0.39, 0.29) is 24.4 Å². The fourth-order valence-corrected chi connectivity index (χ4v) is 3.11. The molecule has 2 aromatic carbocycles. The predicted octanol–water partition coefficient (Wildman–Crippen LogP) is 2.75. The van der Waals surface area contributed by atoms with Crippen LogP contribution in [0, 0.1) is 11.6 Å². The molecule has 0 aliphatic carbocycles. The monoisotopic (exact) mass is 422 g/mol. The van der Waals surface area contributed by atoms with Crippen LogP contribution in [0.25, 0.3) is 10.9 Å². The van der Waals surface area contributed by atoms with Crippen LogP contribution in [0.4, 0.5) is 8.78 Å². The lowest BCUT2D eigenvalue weighted by Gasteiger charge is -2.09. The van der Waals surface area contributed by atoms with Crippen LogP contribution in [0.2, 0.25) is 0 Å². The number of fused-ring (bicyclic) bond motifs is 1. The third-order valence-electron chi connectivity index (χ3n) is 4.67. The SMILES string of the molecule is O=C(NCc1ccc2ncc(O)cc2c1)c1cncn(Cc2ccc(F)c(F)c2)c1=O. The minimum atomic E-state index is -1.02. The lowest BCUT2D eigenvalue weighted by atomic mass is 10.1. The fourth-order valence-electron chi connectivity index (χ4n) is 3.11. The molecule has 0 bridgehead atoms. The first-order valence-corrected chi connectivity index (χ1v) is 9.25. The van der Waals surface area contributed by atoms with E-state index in [1.165, 1.54) is 18.6 Å². The number of hydrogen-bond acceptors (Lipinski definition) is 5. The number of carbonyl (C=O) groups is 1. The van der Waals surface area contributed by atoms with Gasteiger partial charge in [0.25, 0.3) is 11.5 Å². The molecule has 9 heteroatoms. The summed E-state index contributed by atoms with van der Waals surface area (Å²) in [6, 6.07) is 10.2. The van der Waals surface area contributed by atoms with Gasteiger partial charge in [0, 0.05) is 18.1 Å². The molecule has 156 valence electrons. The molecule has 0 atom stereocenters. The quantitative estimate of drug-likeness (QED) is 0.516. The minimum Gasteiger partial charge on any atom is -0.506 e. The van der Waals surface area contributed by atoms with Crippen molar-refractivity contribution in [3.05, 3.63) is 99.9 Å². The van der Waals surface area contributed by atoms with E-state index < -0.39 is 23.1 Å². The first-order valence-electron chi connectivity index (χ1n) is 9.25. The van der Waals surface area contributed by atoms with Crippen molar-refractivity contribution in [3.8, 4) is 5.75 Å². The standard InChI is InChI=1S/C22H16F2N4O3/c23-18-3-1-14(6-19(18)24)11-28-12-25-10-17(22(28)31)21(30)27-8-13-2-4-20-15(5-13)7-16(29)9-26-20/h1-7,9-10,12,29H,8,11H2,(H,27,30). The number of carbonyl (C=O) groups excluding carboxylic acids is 1. The van der Waals surface area contributed by atoms with Crippen LogP contribution >= 0.6 is 0 Å². The van der Waals surface area contributed by atoms with Gasteiger partial charge in [-0.25, -0.2) is 13.8 Å². The number of rotatable bonds is 5. The third-order valence-corrected chi connectivity index (χ3v) is 4.67. The number of hydrogen-bond donors (Lipinski definition) is 2. The van der Waals surface area contributed by atoms with E-state index >= 15 is 0 Å². The second-order valence-electron chi connectivity index (χ2n) is 6.89. The molecule has 31 heavy (non-hydrogen) atoms.